The molecule has 28 heavy (non-hydrogen) atoms. The quantitative estimate of drug-likeness (QED) is 0.889. The molecular formula is C22H25N5O. The van der Waals surface area contributed by atoms with Gasteiger partial charge >= 0.3 is 0 Å². The van der Waals surface area contributed by atoms with E-state index in [1.54, 1.807) is 18.3 Å². The minimum atomic E-state index is 0.0444. The average Bonchev–Trinajstić information content (AvgIpc) is 2.74. The minimum absolute atomic E-state index is 0.0444. The Morgan fingerprint density at radius 1 is 1.11 bits per heavy atom. The minimum Gasteiger partial charge on any atom is -0.353 e. The Bertz CT molecular complexity index is 896. The number of fused-ring (bicyclic) bond motifs is 1. The first-order chi connectivity index (χ1) is 13.7. The van der Waals surface area contributed by atoms with Crippen molar-refractivity contribution >= 4 is 17.4 Å². The highest BCUT2D eigenvalue weighted by Gasteiger charge is 2.22. The van der Waals surface area contributed by atoms with Crippen LogP contribution < -0.4 is 10.2 Å². The van der Waals surface area contributed by atoms with Gasteiger partial charge in [-0.15, -0.1) is 0 Å². The van der Waals surface area contributed by atoms with Crippen molar-refractivity contribution in [1.29, 1.82) is 5.26 Å². The second kappa shape index (κ2) is 8.41. The highest BCUT2D eigenvalue weighted by Crippen LogP contribution is 2.27. The van der Waals surface area contributed by atoms with E-state index >= 15 is 0 Å². The lowest BCUT2D eigenvalue weighted by Crippen LogP contribution is -2.49. The van der Waals surface area contributed by atoms with Gasteiger partial charge in [0.15, 0.2) is 0 Å². The fourth-order valence-electron chi connectivity index (χ4n) is 4.15. The molecule has 4 rings (SSSR count). The number of hydrogen-bond donors (Lipinski definition) is 1. The van der Waals surface area contributed by atoms with Crippen LogP contribution in [-0.2, 0) is 17.6 Å². The number of benzene rings is 1. The standard InChI is InChI=1S/C22H25N5O/c23-15-18-7-4-10-24-22(18)27-13-11-26(12-14-27)16-21(28)25-20-9-3-6-17-5-1-2-8-19(17)20/h3-4,6-7,9-10H,1-2,5,8,11-14,16H2,(H,25,28). The molecule has 144 valence electrons. The summed E-state index contributed by atoms with van der Waals surface area (Å²) < 4.78 is 0. The fourth-order valence-corrected chi connectivity index (χ4v) is 4.15. The summed E-state index contributed by atoms with van der Waals surface area (Å²) in [7, 11) is 0. The summed E-state index contributed by atoms with van der Waals surface area (Å²) in [6, 6.07) is 12.0. The lowest BCUT2D eigenvalue weighted by Gasteiger charge is -2.35. The van der Waals surface area contributed by atoms with Gasteiger partial charge in [-0.1, -0.05) is 12.1 Å². The molecule has 2 aliphatic rings. The number of anilines is 2. The number of aryl methyl sites for hydroxylation is 1. The molecule has 1 aromatic carbocycles. The third-order valence-corrected chi connectivity index (χ3v) is 5.62. The lowest BCUT2D eigenvalue weighted by molar-refractivity contribution is -0.117. The first-order valence-corrected chi connectivity index (χ1v) is 9.97. The van der Waals surface area contributed by atoms with Gasteiger partial charge in [0.2, 0.25) is 5.91 Å². The summed E-state index contributed by atoms with van der Waals surface area (Å²) in [5, 5.41) is 12.4. The van der Waals surface area contributed by atoms with Crippen molar-refractivity contribution < 1.29 is 4.79 Å². The number of pyridine rings is 1. The van der Waals surface area contributed by atoms with E-state index in [1.807, 2.05) is 12.1 Å². The lowest BCUT2D eigenvalue weighted by atomic mass is 9.90. The molecule has 1 amide bonds. The molecule has 1 saturated heterocycles. The van der Waals surface area contributed by atoms with Crippen LogP contribution in [0.3, 0.4) is 0 Å². The predicted molar refractivity (Wildman–Crippen MR) is 109 cm³/mol. The van der Waals surface area contributed by atoms with Crippen LogP contribution in [0.25, 0.3) is 0 Å². The third kappa shape index (κ3) is 4.00. The van der Waals surface area contributed by atoms with Gasteiger partial charge in [0, 0.05) is 38.1 Å². The van der Waals surface area contributed by atoms with Crippen molar-refractivity contribution in [2.24, 2.45) is 0 Å². The monoisotopic (exact) mass is 375 g/mol. The van der Waals surface area contributed by atoms with E-state index in [9.17, 15) is 10.1 Å². The first kappa shape index (κ1) is 18.5. The van der Waals surface area contributed by atoms with Crippen molar-refractivity contribution in [2.45, 2.75) is 25.7 Å². The molecule has 1 aromatic heterocycles. The fraction of sp³-hybridized carbons (Fsp3) is 0.409. The maximum atomic E-state index is 12.6. The number of rotatable bonds is 4. The number of carbonyl (C=O) groups is 1. The zero-order chi connectivity index (χ0) is 19.3. The van der Waals surface area contributed by atoms with Crippen LogP contribution in [0.2, 0.25) is 0 Å². The Kier molecular flexibility index (Phi) is 5.54. The molecule has 1 aliphatic heterocycles. The van der Waals surface area contributed by atoms with Crippen molar-refractivity contribution in [1.82, 2.24) is 9.88 Å². The molecule has 6 nitrogen and oxygen atoms in total. The van der Waals surface area contributed by atoms with E-state index in [4.69, 9.17) is 0 Å². The van der Waals surface area contributed by atoms with E-state index < -0.39 is 0 Å². The van der Waals surface area contributed by atoms with Gasteiger partial charge < -0.3 is 10.2 Å². The van der Waals surface area contributed by atoms with Gasteiger partial charge in [-0.2, -0.15) is 5.26 Å². The van der Waals surface area contributed by atoms with Crippen molar-refractivity contribution in [3.63, 3.8) is 0 Å². The van der Waals surface area contributed by atoms with Crippen LogP contribution in [0.15, 0.2) is 36.5 Å². The van der Waals surface area contributed by atoms with Gasteiger partial charge in [0.05, 0.1) is 12.1 Å². The zero-order valence-corrected chi connectivity index (χ0v) is 16.0. The molecule has 2 aromatic rings. The van der Waals surface area contributed by atoms with Crippen LogP contribution in [0, 0.1) is 11.3 Å². The van der Waals surface area contributed by atoms with Crippen molar-refractivity contribution in [3.8, 4) is 6.07 Å². The summed E-state index contributed by atoms with van der Waals surface area (Å²) in [4.78, 5) is 21.2. The van der Waals surface area contributed by atoms with Crippen LogP contribution in [-0.4, -0.2) is 48.5 Å². The zero-order valence-electron chi connectivity index (χ0n) is 16.0. The van der Waals surface area contributed by atoms with E-state index in [0.29, 0.717) is 12.1 Å². The number of carbonyl (C=O) groups excluding carboxylic acids is 1. The molecule has 1 N–H and O–H groups in total. The number of aromatic nitrogens is 1. The summed E-state index contributed by atoms with van der Waals surface area (Å²) >= 11 is 0. The van der Waals surface area contributed by atoms with Gasteiger partial charge in [-0.25, -0.2) is 4.98 Å². The smallest absolute Gasteiger partial charge is 0.238 e. The molecule has 2 heterocycles. The summed E-state index contributed by atoms with van der Waals surface area (Å²) in [6.07, 6.45) is 6.31. The van der Waals surface area contributed by atoms with Gasteiger partial charge in [-0.3, -0.25) is 9.69 Å². The number of piperazine rings is 1. The number of amides is 1. The highest BCUT2D eigenvalue weighted by molar-refractivity contribution is 5.93. The second-order valence-electron chi connectivity index (χ2n) is 7.45. The Labute approximate surface area is 165 Å². The molecule has 0 spiro atoms. The topological polar surface area (TPSA) is 72.3 Å². The van der Waals surface area contributed by atoms with Gasteiger partial charge in [-0.05, 0) is 55.0 Å². The largest absolute Gasteiger partial charge is 0.353 e. The number of nitriles is 1. The Hall–Kier alpha value is -2.91. The van der Waals surface area contributed by atoms with Crippen LogP contribution in [0.1, 0.15) is 29.5 Å². The summed E-state index contributed by atoms with van der Waals surface area (Å²) in [5.41, 5.74) is 4.27. The molecule has 1 fully saturated rings. The van der Waals surface area contributed by atoms with E-state index in [2.05, 4.69) is 32.2 Å². The second-order valence-corrected chi connectivity index (χ2v) is 7.45. The van der Waals surface area contributed by atoms with Crippen molar-refractivity contribution in [2.75, 3.05) is 42.9 Å². The molecule has 0 unspecified atom stereocenters. The predicted octanol–water partition coefficient (Wildman–Crippen LogP) is 2.59. The van der Waals surface area contributed by atoms with E-state index in [1.165, 1.54) is 24.0 Å². The van der Waals surface area contributed by atoms with Gasteiger partial charge in [0.1, 0.15) is 11.9 Å². The number of nitrogens with zero attached hydrogens (tertiary/aromatic N) is 4. The molecule has 6 heteroatoms. The Morgan fingerprint density at radius 3 is 2.75 bits per heavy atom. The van der Waals surface area contributed by atoms with Gasteiger partial charge in [0.25, 0.3) is 0 Å². The molecule has 0 atom stereocenters. The SMILES string of the molecule is N#Cc1cccnc1N1CCN(CC(=O)Nc2cccc3c2CCCC3)CC1. The summed E-state index contributed by atoms with van der Waals surface area (Å²) in [5.74, 6) is 0.785. The van der Waals surface area contributed by atoms with Crippen LogP contribution in [0.5, 0.6) is 0 Å². The Balaban J connectivity index is 1.33. The highest BCUT2D eigenvalue weighted by atomic mass is 16.2. The molecular weight excluding hydrogens is 350 g/mol. The maximum Gasteiger partial charge on any atom is 0.238 e. The van der Waals surface area contributed by atoms with E-state index in [0.717, 1.165) is 50.5 Å². The van der Waals surface area contributed by atoms with E-state index in [-0.39, 0.29) is 5.91 Å². The number of nitrogens with one attached hydrogen (secondary N) is 1. The molecule has 1 aliphatic carbocycles. The Morgan fingerprint density at radius 2 is 1.93 bits per heavy atom. The average molecular weight is 375 g/mol. The van der Waals surface area contributed by atoms with Crippen molar-refractivity contribution in [3.05, 3.63) is 53.2 Å². The molecule has 0 radical (unpaired) electrons. The first-order valence-electron chi connectivity index (χ1n) is 9.97. The third-order valence-electron chi connectivity index (χ3n) is 5.62. The molecule has 0 saturated carbocycles. The number of hydrogen-bond acceptors (Lipinski definition) is 5. The normalized spacial score (nSPS) is 16.9. The van der Waals surface area contributed by atoms with Crippen LogP contribution in [0.4, 0.5) is 11.5 Å². The molecule has 0 bridgehead atoms. The summed E-state index contributed by atoms with van der Waals surface area (Å²) in [6.45, 7) is 3.48. The van der Waals surface area contributed by atoms with Crippen LogP contribution >= 0.6 is 0 Å². The maximum absolute atomic E-state index is 12.6.